The highest BCUT2D eigenvalue weighted by molar-refractivity contribution is 5.53. The molecule has 6 heterocycles. The van der Waals surface area contributed by atoms with Crippen molar-refractivity contribution in [2.24, 2.45) is 34.5 Å². The first-order valence-corrected chi connectivity index (χ1v) is 27.6. The van der Waals surface area contributed by atoms with Crippen LogP contribution >= 0.6 is 0 Å². The van der Waals surface area contributed by atoms with Crippen LogP contribution in [0.2, 0.25) is 0 Å². The van der Waals surface area contributed by atoms with Gasteiger partial charge in [-0.25, -0.2) is 0 Å². The zero-order valence-electron chi connectivity index (χ0n) is 47.5. The van der Waals surface area contributed by atoms with E-state index in [1.54, 1.807) is 0 Å². The molecule has 0 bridgehead atoms. The highest BCUT2D eigenvalue weighted by atomic mass is 16.7. The molecular formula is C64H84O14. The first-order valence-electron chi connectivity index (χ1n) is 27.6. The number of hydrogen-bond donors (Lipinski definition) is 6. The Morgan fingerprint density at radius 2 is 0.846 bits per heavy atom. The molecule has 6 saturated heterocycles. The number of fused-ring (bicyclic) bond motifs is 12. The summed E-state index contributed by atoms with van der Waals surface area (Å²) < 4.78 is 39.2. The fraction of sp³-hybridized carbons (Fsp3) is 0.625. The van der Waals surface area contributed by atoms with Crippen LogP contribution in [-0.4, -0.2) is 137 Å². The molecule has 12 aliphatic rings. The minimum Gasteiger partial charge on any atom is -0.412 e. The summed E-state index contributed by atoms with van der Waals surface area (Å²) in [5.74, 6) is 7.90. The third-order valence-electron chi connectivity index (χ3n) is 19.3. The van der Waals surface area contributed by atoms with Gasteiger partial charge in [-0.2, -0.15) is 0 Å². The number of aliphatic hydroxyl groups is 6. The normalized spacial score (nSPS) is 47.6. The van der Waals surface area contributed by atoms with Crippen molar-refractivity contribution in [3.63, 3.8) is 0 Å². The number of hydrogen-bond acceptors (Lipinski definition) is 12. The Labute approximate surface area is 460 Å². The summed E-state index contributed by atoms with van der Waals surface area (Å²) in [5, 5.41) is 71.9. The Bertz CT molecular complexity index is 2740. The third-order valence-corrected chi connectivity index (χ3v) is 19.3. The summed E-state index contributed by atoms with van der Waals surface area (Å²) >= 11 is 0. The molecule has 8 fully saturated rings. The molecule has 0 unspecified atom stereocenters. The molecule has 0 aromatic heterocycles. The number of epoxide rings is 4. The first-order chi connectivity index (χ1) is 35.7. The van der Waals surface area contributed by atoms with Gasteiger partial charge < -0.3 is 70.0 Å². The zero-order chi connectivity index (χ0) is 54.8. The molecule has 22 atom stereocenters. The molecule has 0 aromatic rings. The van der Waals surface area contributed by atoms with E-state index in [-0.39, 0.29) is 11.0 Å². The van der Waals surface area contributed by atoms with Crippen molar-refractivity contribution in [2.45, 2.75) is 217 Å². The molecule has 12 rings (SSSR count). The molecule has 14 nitrogen and oxygen atoms in total. The van der Waals surface area contributed by atoms with E-state index in [0.717, 1.165) is 44.6 Å². The molecule has 0 amide bonds. The van der Waals surface area contributed by atoms with Crippen LogP contribution in [0.4, 0.5) is 0 Å². The lowest BCUT2D eigenvalue weighted by atomic mass is 9.45. The van der Waals surface area contributed by atoms with Gasteiger partial charge in [0.15, 0.2) is 11.2 Å². The molecule has 10 N–H and O–H groups in total. The van der Waals surface area contributed by atoms with Crippen LogP contribution in [0.5, 0.6) is 0 Å². The lowest BCUT2D eigenvalue weighted by Crippen LogP contribution is -2.76. The lowest BCUT2D eigenvalue weighted by molar-refractivity contribution is -0.359. The number of aliphatic hydroxyl groups excluding tert-OH is 4. The van der Waals surface area contributed by atoms with Gasteiger partial charge in [0.1, 0.15) is 70.9 Å². The summed E-state index contributed by atoms with van der Waals surface area (Å²) in [4.78, 5) is 0. The van der Waals surface area contributed by atoms with Crippen LogP contribution < -0.4 is 0 Å². The van der Waals surface area contributed by atoms with E-state index in [0.29, 0.717) is 49.7 Å². The molecule has 0 spiro atoms. The molecule has 78 heavy (non-hydrogen) atoms. The van der Waals surface area contributed by atoms with Gasteiger partial charge >= 0.3 is 0 Å². The SMILES string of the molecule is C=C(C)C#C[C@@]12[C@@H]3C=C(C)C[C@@H]1[C@@H](O)[C@@H]1O[C@]1(CC=C(C)C)[C@]2(O)O[C@@H]1C3=C[C@@H](O)[C@@H]2O[C@]12CC=C(C)C.C=C(C)C#C[C@@]12[C@@H]3C=C(C)C[C@@H]1[C@@H](O)[C@@H]1O[C@]1(CC=C(C)C)[C@]2(O)O[C@@H]1C3=C[C@@H](O)[C@@H]2O[C@]12CC=C(C)C.O.O. The summed E-state index contributed by atoms with van der Waals surface area (Å²) in [6, 6.07) is 0. The van der Waals surface area contributed by atoms with Crippen LogP contribution in [-0.2, 0) is 28.4 Å². The zero-order valence-corrected chi connectivity index (χ0v) is 47.5. The van der Waals surface area contributed by atoms with E-state index in [4.69, 9.17) is 28.4 Å². The molecule has 424 valence electrons. The van der Waals surface area contributed by atoms with Gasteiger partial charge in [0, 0.05) is 49.4 Å². The van der Waals surface area contributed by atoms with Crippen molar-refractivity contribution in [1.82, 2.24) is 0 Å². The van der Waals surface area contributed by atoms with Crippen LogP contribution in [0.15, 0.2) is 117 Å². The van der Waals surface area contributed by atoms with Crippen molar-refractivity contribution in [3.8, 4) is 23.7 Å². The van der Waals surface area contributed by atoms with Crippen molar-refractivity contribution in [3.05, 3.63) is 117 Å². The van der Waals surface area contributed by atoms with Gasteiger partial charge in [-0.1, -0.05) is 119 Å². The Balaban J connectivity index is 0.000000185. The van der Waals surface area contributed by atoms with Crippen molar-refractivity contribution < 1.29 is 70.0 Å². The van der Waals surface area contributed by atoms with Crippen LogP contribution in [0.3, 0.4) is 0 Å². The quantitative estimate of drug-likeness (QED) is 0.0914. The third kappa shape index (κ3) is 7.92. The molecule has 6 aliphatic carbocycles. The van der Waals surface area contributed by atoms with Gasteiger partial charge in [-0.3, -0.25) is 0 Å². The molecular weight excluding hydrogens is 993 g/mol. The van der Waals surface area contributed by atoms with Crippen molar-refractivity contribution >= 4 is 0 Å². The van der Waals surface area contributed by atoms with Gasteiger partial charge in [0.05, 0.1) is 12.2 Å². The second-order valence-corrected chi connectivity index (χ2v) is 25.8. The molecule has 0 radical (unpaired) electrons. The van der Waals surface area contributed by atoms with Crippen molar-refractivity contribution in [2.75, 3.05) is 0 Å². The summed E-state index contributed by atoms with van der Waals surface area (Å²) in [5.41, 5.74) is 3.50. The summed E-state index contributed by atoms with van der Waals surface area (Å²) in [6.07, 6.45) is 13.0. The maximum absolute atomic E-state index is 13.1. The number of rotatable bonds is 8. The largest absolute Gasteiger partial charge is 0.412 e. The van der Waals surface area contributed by atoms with Crippen molar-refractivity contribution in [1.29, 1.82) is 0 Å². The Kier molecular flexibility index (Phi) is 14.5. The number of allylic oxidation sites excluding steroid dienone is 10. The van der Waals surface area contributed by atoms with Crippen LogP contribution in [0.25, 0.3) is 0 Å². The monoisotopic (exact) mass is 1080 g/mol. The fourth-order valence-electron chi connectivity index (χ4n) is 15.6. The first kappa shape index (κ1) is 58.6. The van der Waals surface area contributed by atoms with E-state index < -0.39 is 130 Å². The maximum atomic E-state index is 13.1. The summed E-state index contributed by atoms with van der Waals surface area (Å²) in [7, 11) is 0. The average Bonchev–Trinajstić information content (AvgIpc) is 4.31. The molecule has 2 saturated carbocycles. The highest BCUT2D eigenvalue weighted by Crippen LogP contribution is 2.76. The average molecular weight is 1080 g/mol. The standard InChI is InChI=1S/2C32H40O6.2H2O/c2*1-17(2)8-11-29-22-14-20(7)15-23(29)25(34)28-31(37-28,13-10-19(5)6)32(29,35)38-26-21(22)16-24(33)27-30(26,36-27)12-9-18(3)4;;/h2*9-10,14,16,22-28,33-35H,1,12-13,15H2,2-7H3;2*1H2/t2*22-,23-,24-,25-,26-,27+,28+,29-,30-,31+,32-;;/m11../s1. The smallest absolute Gasteiger partial charge is 0.217 e. The van der Waals surface area contributed by atoms with E-state index in [9.17, 15) is 30.6 Å². The van der Waals surface area contributed by atoms with Gasteiger partial charge in [-0.05, 0) is 118 Å². The number of ether oxygens (including phenoxy) is 6. The molecule has 14 heteroatoms. The van der Waals surface area contributed by atoms with E-state index >= 15 is 0 Å². The predicted molar refractivity (Wildman–Crippen MR) is 294 cm³/mol. The second kappa shape index (κ2) is 19.3. The fourth-order valence-corrected chi connectivity index (χ4v) is 15.6. The topological polar surface area (TPSA) is 253 Å². The summed E-state index contributed by atoms with van der Waals surface area (Å²) in [6.45, 7) is 32.0. The Hall–Kier alpha value is -4.04. The minimum atomic E-state index is -1.83. The van der Waals surface area contributed by atoms with Gasteiger partial charge in [0.2, 0.25) is 11.6 Å². The van der Waals surface area contributed by atoms with Gasteiger partial charge in [-0.15, -0.1) is 0 Å². The lowest BCUT2D eigenvalue weighted by Gasteiger charge is -2.64. The van der Waals surface area contributed by atoms with Crippen LogP contribution in [0.1, 0.15) is 122 Å². The minimum absolute atomic E-state index is 0. The van der Waals surface area contributed by atoms with E-state index in [1.165, 1.54) is 0 Å². The maximum Gasteiger partial charge on any atom is 0.217 e. The second-order valence-electron chi connectivity index (χ2n) is 25.8. The van der Waals surface area contributed by atoms with E-state index in [2.05, 4.69) is 75.0 Å². The molecule has 6 aliphatic heterocycles. The van der Waals surface area contributed by atoms with Crippen LogP contribution in [0, 0.1) is 58.2 Å². The Morgan fingerprint density at radius 3 is 1.17 bits per heavy atom. The Morgan fingerprint density at radius 1 is 0.513 bits per heavy atom. The predicted octanol–water partition coefficient (Wildman–Crippen LogP) is 6.12. The highest BCUT2D eigenvalue weighted by Gasteiger charge is 2.90. The molecule has 0 aromatic carbocycles. The van der Waals surface area contributed by atoms with Gasteiger partial charge in [0.25, 0.3) is 0 Å². The van der Waals surface area contributed by atoms with E-state index in [1.807, 2.05) is 93.5 Å².